The topological polar surface area (TPSA) is 79.3 Å². The molecule has 182 valence electrons. The van der Waals surface area contributed by atoms with Crippen LogP contribution in [0.2, 0.25) is 0 Å². The van der Waals surface area contributed by atoms with Crippen LogP contribution >= 0.6 is 0 Å². The van der Waals surface area contributed by atoms with E-state index in [2.05, 4.69) is 18.7 Å². The van der Waals surface area contributed by atoms with Gasteiger partial charge in [0.05, 0.1) is 24.8 Å². The Bertz CT molecular complexity index is 1040. The van der Waals surface area contributed by atoms with Crippen molar-refractivity contribution in [3.8, 4) is 11.5 Å². The van der Waals surface area contributed by atoms with Gasteiger partial charge in [0.15, 0.2) is 0 Å². The van der Waals surface area contributed by atoms with Crippen LogP contribution in [0.4, 0.5) is 0 Å². The maximum absolute atomic E-state index is 13.2. The van der Waals surface area contributed by atoms with Crippen LogP contribution < -0.4 is 9.47 Å². The normalized spacial score (nSPS) is 17.6. The second-order valence-electron chi connectivity index (χ2n) is 8.45. The lowest BCUT2D eigenvalue weighted by Crippen LogP contribution is -2.38. The Balaban J connectivity index is 2.09. The molecule has 0 saturated carbocycles. The number of hydrogen-bond acceptors (Lipinski definition) is 6. The molecule has 7 nitrogen and oxygen atoms in total. The fourth-order valence-corrected chi connectivity index (χ4v) is 4.23. The molecule has 1 fully saturated rings. The number of hydrogen-bond donors (Lipinski definition) is 1. The number of methoxy groups -OCH3 is 1. The number of aliphatic hydroxyl groups is 1. The van der Waals surface area contributed by atoms with Gasteiger partial charge in [0, 0.05) is 24.2 Å². The van der Waals surface area contributed by atoms with Crippen LogP contribution in [0.1, 0.15) is 44.9 Å². The Morgan fingerprint density at radius 2 is 1.71 bits per heavy atom. The van der Waals surface area contributed by atoms with E-state index in [1.807, 2.05) is 32.0 Å². The van der Waals surface area contributed by atoms with E-state index in [0.717, 1.165) is 13.1 Å². The highest BCUT2D eigenvalue weighted by Crippen LogP contribution is 2.42. The fraction of sp³-hybridized carbons (Fsp3) is 0.407. The number of Topliss-reactive ketones (excluding diaryl/α,β-unsaturated/α-hetero) is 1. The molecular weight excluding hydrogens is 432 g/mol. The minimum atomic E-state index is -0.752. The number of rotatable bonds is 10. The summed E-state index contributed by atoms with van der Waals surface area (Å²) in [6.45, 7) is 10.6. The van der Waals surface area contributed by atoms with Gasteiger partial charge in [0.2, 0.25) is 0 Å². The predicted octanol–water partition coefficient (Wildman–Crippen LogP) is 4.25. The minimum absolute atomic E-state index is 0.0149. The Hall–Kier alpha value is -3.32. The van der Waals surface area contributed by atoms with Gasteiger partial charge >= 0.3 is 0 Å². The lowest BCUT2D eigenvalue weighted by molar-refractivity contribution is -0.140. The molecule has 0 bridgehead atoms. The highest BCUT2D eigenvalue weighted by Gasteiger charge is 2.46. The monoisotopic (exact) mass is 466 g/mol. The van der Waals surface area contributed by atoms with E-state index in [4.69, 9.17) is 9.47 Å². The first-order valence-electron chi connectivity index (χ1n) is 11.7. The number of benzene rings is 2. The first-order valence-corrected chi connectivity index (χ1v) is 11.7. The number of likely N-dealkylation sites (tertiary alicyclic amines) is 1. The summed E-state index contributed by atoms with van der Waals surface area (Å²) in [5.41, 5.74) is 1.16. The predicted molar refractivity (Wildman–Crippen MR) is 132 cm³/mol. The van der Waals surface area contributed by atoms with Crippen LogP contribution in [-0.4, -0.2) is 66.0 Å². The van der Waals surface area contributed by atoms with Gasteiger partial charge in [-0.1, -0.05) is 32.0 Å². The first kappa shape index (κ1) is 25.3. The van der Waals surface area contributed by atoms with Crippen molar-refractivity contribution in [3.05, 3.63) is 65.2 Å². The van der Waals surface area contributed by atoms with Crippen molar-refractivity contribution in [1.82, 2.24) is 9.80 Å². The molecule has 34 heavy (non-hydrogen) atoms. The maximum Gasteiger partial charge on any atom is 0.295 e. The number of aliphatic hydroxyl groups excluding tert-OH is 1. The highest BCUT2D eigenvalue weighted by atomic mass is 16.5. The van der Waals surface area contributed by atoms with Crippen molar-refractivity contribution in [2.24, 2.45) is 0 Å². The summed E-state index contributed by atoms with van der Waals surface area (Å²) in [6.07, 6.45) is 0.0149. The number of ether oxygens (including phenoxy) is 2. The van der Waals surface area contributed by atoms with Crippen LogP contribution in [0.15, 0.2) is 54.1 Å². The maximum atomic E-state index is 13.2. The van der Waals surface area contributed by atoms with Crippen LogP contribution in [0.3, 0.4) is 0 Å². The molecule has 2 aromatic rings. The lowest BCUT2D eigenvalue weighted by atomic mass is 9.94. The number of para-hydroxylation sites is 1. The lowest BCUT2D eigenvalue weighted by Gasteiger charge is -2.29. The van der Waals surface area contributed by atoms with Crippen LogP contribution in [-0.2, 0) is 9.59 Å². The van der Waals surface area contributed by atoms with Gasteiger partial charge in [-0.2, -0.15) is 0 Å². The summed E-state index contributed by atoms with van der Waals surface area (Å²) in [6, 6.07) is 13.4. The number of nitrogens with zero attached hydrogens (tertiary/aromatic N) is 2. The second kappa shape index (κ2) is 11.2. The Morgan fingerprint density at radius 1 is 1.06 bits per heavy atom. The third-order valence-electron chi connectivity index (χ3n) is 6.02. The van der Waals surface area contributed by atoms with Crippen molar-refractivity contribution in [2.75, 3.05) is 33.3 Å². The highest BCUT2D eigenvalue weighted by molar-refractivity contribution is 6.46. The van der Waals surface area contributed by atoms with Gasteiger partial charge in [-0.3, -0.25) is 9.59 Å². The zero-order valence-electron chi connectivity index (χ0n) is 20.6. The zero-order valence-corrected chi connectivity index (χ0v) is 20.6. The quantitative estimate of drug-likeness (QED) is 0.320. The largest absolute Gasteiger partial charge is 0.507 e. The molecule has 1 aliphatic rings. The minimum Gasteiger partial charge on any atom is -0.507 e. The molecule has 0 aliphatic carbocycles. The molecule has 1 heterocycles. The SMILES string of the molecule is CCN(CC)CCN1C(=O)C(=O)C(=C(O)c2ccc(OC(C)C)cc2)[C@@H]1c1ccccc1OC. The molecular formula is C27H34N2O5. The average molecular weight is 467 g/mol. The third-order valence-corrected chi connectivity index (χ3v) is 6.02. The second-order valence-corrected chi connectivity index (χ2v) is 8.45. The van der Waals surface area contributed by atoms with E-state index in [1.165, 1.54) is 0 Å². The first-order chi connectivity index (χ1) is 16.3. The van der Waals surface area contributed by atoms with Crippen LogP contribution in [0, 0.1) is 0 Å². The fourth-order valence-electron chi connectivity index (χ4n) is 4.23. The van der Waals surface area contributed by atoms with E-state index in [1.54, 1.807) is 42.3 Å². The zero-order chi connectivity index (χ0) is 24.8. The number of amides is 1. The van der Waals surface area contributed by atoms with Gasteiger partial charge in [-0.05, 0) is 57.3 Å². The Morgan fingerprint density at radius 3 is 2.29 bits per heavy atom. The van der Waals surface area contributed by atoms with E-state index in [0.29, 0.717) is 35.7 Å². The van der Waals surface area contributed by atoms with E-state index >= 15 is 0 Å². The molecule has 1 saturated heterocycles. The van der Waals surface area contributed by atoms with Gasteiger partial charge in [0.1, 0.15) is 17.3 Å². The summed E-state index contributed by atoms with van der Waals surface area (Å²) in [5, 5.41) is 11.3. The van der Waals surface area contributed by atoms with Crippen molar-refractivity contribution in [1.29, 1.82) is 0 Å². The molecule has 0 radical (unpaired) electrons. The van der Waals surface area contributed by atoms with Crippen molar-refractivity contribution in [2.45, 2.75) is 39.8 Å². The number of carbonyl (C=O) groups excluding carboxylic acids is 2. The molecule has 2 aromatic carbocycles. The molecule has 1 atom stereocenters. The molecule has 0 aromatic heterocycles. The molecule has 1 amide bonds. The van der Waals surface area contributed by atoms with Gasteiger partial charge < -0.3 is 24.4 Å². The molecule has 1 N–H and O–H groups in total. The Kier molecular flexibility index (Phi) is 8.34. The molecule has 3 rings (SSSR count). The van der Waals surface area contributed by atoms with Gasteiger partial charge in [-0.25, -0.2) is 0 Å². The van der Waals surface area contributed by atoms with Crippen LogP contribution in [0.5, 0.6) is 11.5 Å². The summed E-state index contributed by atoms with van der Waals surface area (Å²) in [4.78, 5) is 30.1. The molecule has 0 unspecified atom stereocenters. The summed E-state index contributed by atoms with van der Waals surface area (Å²) in [7, 11) is 1.55. The van der Waals surface area contributed by atoms with Gasteiger partial charge in [-0.15, -0.1) is 0 Å². The Labute approximate surface area is 201 Å². The van der Waals surface area contributed by atoms with Crippen molar-refractivity contribution < 1.29 is 24.2 Å². The summed E-state index contributed by atoms with van der Waals surface area (Å²) >= 11 is 0. The summed E-state index contributed by atoms with van der Waals surface area (Å²) in [5.74, 6) is -0.322. The third kappa shape index (κ3) is 5.25. The van der Waals surface area contributed by atoms with Gasteiger partial charge in [0.25, 0.3) is 11.7 Å². The standard InChI is InChI=1S/C27H34N2O5/c1-6-28(7-2)16-17-29-24(21-10-8-9-11-22(21)33-5)23(26(31)27(29)32)25(30)19-12-14-20(15-13-19)34-18(3)4/h8-15,18,24,30H,6-7,16-17H2,1-5H3/t24-/m0/s1. The van der Waals surface area contributed by atoms with E-state index < -0.39 is 17.7 Å². The number of carbonyl (C=O) groups is 2. The van der Waals surface area contributed by atoms with E-state index in [-0.39, 0.29) is 17.4 Å². The molecule has 1 aliphatic heterocycles. The summed E-state index contributed by atoms with van der Waals surface area (Å²) < 4.78 is 11.2. The van der Waals surface area contributed by atoms with Crippen LogP contribution in [0.25, 0.3) is 5.76 Å². The number of likely N-dealkylation sites (N-methyl/N-ethyl adjacent to an activating group) is 1. The molecule has 7 heteroatoms. The smallest absolute Gasteiger partial charge is 0.295 e. The van der Waals surface area contributed by atoms with Crippen molar-refractivity contribution >= 4 is 17.4 Å². The van der Waals surface area contributed by atoms with Crippen molar-refractivity contribution in [3.63, 3.8) is 0 Å². The number of ketones is 1. The molecule has 0 spiro atoms. The van der Waals surface area contributed by atoms with E-state index in [9.17, 15) is 14.7 Å². The average Bonchev–Trinajstić information content (AvgIpc) is 3.09.